The summed E-state index contributed by atoms with van der Waals surface area (Å²) in [5, 5.41) is 6.82. The maximum Gasteiger partial charge on any atom is 0.138 e. The van der Waals surface area contributed by atoms with Gasteiger partial charge in [0.15, 0.2) is 0 Å². The van der Waals surface area contributed by atoms with Crippen molar-refractivity contribution in [1.29, 1.82) is 0 Å². The molecule has 1 aromatic heterocycles. The number of nitrogens with zero attached hydrogens (tertiary/aromatic N) is 2. The normalized spacial score (nSPS) is 18.4. The number of hydrogen-bond donors (Lipinski definition) is 2. The van der Waals surface area contributed by atoms with Crippen LogP contribution in [-0.4, -0.2) is 35.8 Å². The monoisotopic (exact) mass is 292 g/mol. The Balaban J connectivity index is 2.37. The molecule has 2 rings (SSSR count). The van der Waals surface area contributed by atoms with Gasteiger partial charge in [-0.1, -0.05) is 20.8 Å². The van der Waals surface area contributed by atoms with Gasteiger partial charge in [-0.05, 0) is 26.7 Å². The highest BCUT2D eigenvalue weighted by Crippen LogP contribution is 2.30. The lowest BCUT2D eigenvalue weighted by Gasteiger charge is -2.36. The number of anilines is 2. The Morgan fingerprint density at radius 2 is 1.67 bits per heavy atom. The van der Waals surface area contributed by atoms with Crippen molar-refractivity contribution in [3.05, 3.63) is 11.4 Å². The summed E-state index contributed by atoms with van der Waals surface area (Å²) >= 11 is 0. The van der Waals surface area contributed by atoms with E-state index in [0.29, 0.717) is 0 Å². The van der Waals surface area contributed by atoms with Crippen LogP contribution in [0.2, 0.25) is 0 Å². The van der Waals surface area contributed by atoms with E-state index in [4.69, 9.17) is 9.72 Å². The highest BCUT2D eigenvalue weighted by molar-refractivity contribution is 5.58. The van der Waals surface area contributed by atoms with E-state index in [9.17, 15) is 0 Å². The van der Waals surface area contributed by atoms with Crippen LogP contribution >= 0.6 is 0 Å². The minimum Gasteiger partial charge on any atom is -0.381 e. The highest BCUT2D eigenvalue weighted by atomic mass is 16.5. The van der Waals surface area contributed by atoms with Crippen LogP contribution in [0.1, 0.15) is 51.9 Å². The van der Waals surface area contributed by atoms with Crippen molar-refractivity contribution >= 4 is 11.6 Å². The summed E-state index contributed by atoms with van der Waals surface area (Å²) in [6.07, 6.45) is 1.99. The Morgan fingerprint density at radius 1 is 1.10 bits per heavy atom. The van der Waals surface area contributed by atoms with Gasteiger partial charge in [0.05, 0.1) is 0 Å². The first-order valence-electron chi connectivity index (χ1n) is 7.68. The zero-order chi connectivity index (χ0) is 15.7. The number of nitrogens with one attached hydrogen (secondary N) is 2. The first-order chi connectivity index (χ1) is 9.75. The van der Waals surface area contributed by atoms with Crippen molar-refractivity contribution in [1.82, 2.24) is 9.97 Å². The largest absolute Gasteiger partial charge is 0.381 e. The summed E-state index contributed by atoms with van der Waals surface area (Å²) in [5.41, 5.74) is 1.03. The lowest BCUT2D eigenvalue weighted by molar-refractivity contribution is 0.0657. The van der Waals surface area contributed by atoms with Crippen molar-refractivity contribution in [3.63, 3.8) is 0 Å². The molecule has 1 saturated heterocycles. The standard InChI is InChI=1S/C16H28N4O/c1-11-12(17-6)18-14(15(2,3)4)19-13(11)20-16(5)7-9-21-10-8-16/h7-10H2,1-6H3,(H2,17,18,19,20). The fourth-order valence-electron chi connectivity index (χ4n) is 2.45. The molecule has 0 spiro atoms. The average molecular weight is 292 g/mol. The number of rotatable bonds is 3. The van der Waals surface area contributed by atoms with Crippen LogP contribution in [0.25, 0.3) is 0 Å². The fraction of sp³-hybridized carbons (Fsp3) is 0.750. The van der Waals surface area contributed by atoms with Crippen molar-refractivity contribution < 1.29 is 4.74 Å². The molecule has 2 heterocycles. The molecular weight excluding hydrogens is 264 g/mol. The molecular formula is C16H28N4O. The third kappa shape index (κ3) is 3.64. The molecule has 118 valence electrons. The SMILES string of the molecule is CNc1nc(C(C)(C)C)nc(NC2(C)CCOCC2)c1C. The van der Waals surface area contributed by atoms with Crippen molar-refractivity contribution in [2.24, 2.45) is 0 Å². The summed E-state index contributed by atoms with van der Waals surface area (Å²) in [6, 6.07) is 0. The topological polar surface area (TPSA) is 59.1 Å². The Morgan fingerprint density at radius 3 is 2.19 bits per heavy atom. The van der Waals surface area contributed by atoms with Gasteiger partial charge >= 0.3 is 0 Å². The van der Waals surface area contributed by atoms with E-state index < -0.39 is 0 Å². The molecule has 5 heteroatoms. The summed E-state index contributed by atoms with van der Waals surface area (Å²) in [5.74, 6) is 2.69. The maximum absolute atomic E-state index is 5.47. The van der Waals surface area contributed by atoms with Gasteiger partial charge in [-0.15, -0.1) is 0 Å². The summed E-state index contributed by atoms with van der Waals surface area (Å²) < 4.78 is 5.47. The summed E-state index contributed by atoms with van der Waals surface area (Å²) in [4.78, 5) is 9.44. The number of hydrogen-bond acceptors (Lipinski definition) is 5. The minimum atomic E-state index is -0.0771. The molecule has 0 unspecified atom stereocenters. The van der Waals surface area contributed by atoms with E-state index in [-0.39, 0.29) is 11.0 Å². The first kappa shape index (κ1) is 16.0. The quantitative estimate of drug-likeness (QED) is 0.896. The molecule has 2 N–H and O–H groups in total. The molecule has 21 heavy (non-hydrogen) atoms. The van der Waals surface area contributed by atoms with E-state index in [0.717, 1.165) is 49.1 Å². The van der Waals surface area contributed by atoms with E-state index in [2.05, 4.69) is 50.2 Å². The van der Waals surface area contributed by atoms with Gasteiger partial charge in [-0.2, -0.15) is 0 Å². The number of aromatic nitrogens is 2. The second kappa shape index (κ2) is 5.79. The molecule has 1 aromatic rings. The minimum absolute atomic E-state index is 0.0392. The molecule has 0 aliphatic carbocycles. The van der Waals surface area contributed by atoms with E-state index in [1.54, 1.807) is 0 Å². The molecule has 0 amide bonds. The molecule has 0 atom stereocenters. The molecule has 0 aromatic carbocycles. The maximum atomic E-state index is 5.47. The zero-order valence-corrected chi connectivity index (χ0v) is 14.1. The molecule has 0 bridgehead atoms. The van der Waals surface area contributed by atoms with Crippen LogP contribution in [0.3, 0.4) is 0 Å². The molecule has 1 aliphatic rings. The Bertz CT molecular complexity index is 502. The van der Waals surface area contributed by atoms with Gasteiger partial charge in [-0.25, -0.2) is 9.97 Å². The predicted molar refractivity (Wildman–Crippen MR) is 87.1 cm³/mol. The lowest BCUT2D eigenvalue weighted by atomic mass is 9.92. The fourth-order valence-corrected chi connectivity index (χ4v) is 2.45. The number of ether oxygens (including phenoxy) is 1. The zero-order valence-electron chi connectivity index (χ0n) is 14.1. The predicted octanol–water partition coefficient (Wildman–Crippen LogP) is 3.11. The van der Waals surface area contributed by atoms with Crippen LogP contribution in [0.5, 0.6) is 0 Å². The van der Waals surface area contributed by atoms with Crippen LogP contribution in [0, 0.1) is 6.92 Å². The molecule has 5 nitrogen and oxygen atoms in total. The molecule has 1 fully saturated rings. The van der Waals surface area contributed by atoms with Crippen molar-refractivity contribution in [3.8, 4) is 0 Å². The van der Waals surface area contributed by atoms with Gasteiger partial charge in [0, 0.05) is 36.8 Å². The van der Waals surface area contributed by atoms with Crippen LogP contribution in [0.15, 0.2) is 0 Å². The van der Waals surface area contributed by atoms with Gasteiger partial charge < -0.3 is 15.4 Å². The smallest absolute Gasteiger partial charge is 0.138 e. The summed E-state index contributed by atoms with van der Waals surface area (Å²) in [7, 11) is 1.90. The first-order valence-corrected chi connectivity index (χ1v) is 7.68. The van der Waals surface area contributed by atoms with Crippen LogP contribution < -0.4 is 10.6 Å². The van der Waals surface area contributed by atoms with E-state index in [1.807, 2.05) is 7.05 Å². The molecule has 1 aliphatic heterocycles. The average Bonchev–Trinajstić information content (AvgIpc) is 2.40. The molecule has 0 saturated carbocycles. The second-order valence-electron chi connectivity index (χ2n) is 7.17. The second-order valence-corrected chi connectivity index (χ2v) is 7.17. The highest BCUT2D eigenvalue weighted by Gasteiger charge is 2.29. The third-order valence-corrected chi connectivity index (χ3v) is 4.07. The van der Waals surface area contributed by atoms with Gasteiger partial charge in [0.25, 0.3) is 0 Å². The van der Waals surface area contributed by atoms with E-state index in [1.165, 1.54) is 0 Å². The Hall–Kier alpha value is -1.36. The summed E-state index contributed by atoms with van der Waals surface area (Å²) in [6.45, 7) is 12.3. The van der Waals surface area contributed by atoms with Crippen molar-refractivity contribution in [2.45, 2.75) is 58.4 Å². The Labute approximate surface area is 127 Å². The van der Waals surface area contributed by atoms with Crippen LogP contribution in [-0.2, 0) is 10.2 Å². The van der Waals surface area contributed by atoms with Crippen molar-refractivity contribution in [2.75, 3.05) is 30.9 Å². The van der Waals surface area contributed by atoms with E-state index >= 15 is 0 Å². The Kier molecular flexibility index (Phi) is 4.42. The molecule has 0 radical (unpaired) electrons. The third-order valence-electron chi connectivity index (χ3n) is 4.07. The van der Waals surface area contributed by atoms with Gasteiger partial charge in [-0.3, -0.25) is 0 Å². The van der Waals surface area contributed by atoms with Crippen LogP contribution in [0.4, 0.5) is 11.6 Å². The van der Waals surface area contributed by atoms with Gasteiger partial charge in [0.2, 0.25) is 0 Å². The lowest BCUT2D eigenvalue weighted by Crippen LogP contribution is -2.41. The van der Waals surface area contributed by atoms with Gasteiger partial charge in [0.1, 0.15) is 17.5 Å².